The fourth-order valence-corrected chi connectivity index (χ4v) is 2.03. The third kappa shape index (κ3) is 3.77. The van der Waals surface area contributed by atoms with Crippen LogP contribution in [-0.2, 0) is 4.74 Å². The summed E-state index contributed by atoms with van der Waals surface area (Å²) in [6.45, 7) is 8.56. The standard InChI is InChI=1S/C12H21ClN2O3/c1-11(2,3)18-10(16)15-7-5-12(4,6-8-15)9(13)14-17/h17H,5-8H2,1-4H3/b14-9-. The SMILES string of the molecule is CC(C)(C)OC(=O)N1CCC(C)(/C(Cl)=N/O)CC1. The van der Waals surface area contributed by atoms with Gasteiger partial charge in [-0.25, -0.2) is 4.79 Å². The van der Waals surface area contributed by atoms with E-state index < -0.39 is 5.60 Å². The third-order valence-corrected chi connectivity index (χ3v) is 3.64. The number of carbonyl (C=O) groups is 1. The van der Waals surface area contributed by atoms with Crippen molar-refractivity contribution in [3.63, 3.8) is 0 Å². The van der Waals surface area contributed by atoms with E-state index in [-0.39, 0.29) is 16.7 Å². The number of amides is 1. The monoisotopic (exact) mass is 276 g/mol. The Morgan fingerprint density at radius 1 is 1.39 bits per heavy atom. The number of halogens is 1. The summed E-state index contributed by atoms with van der Waals surface area (Å²) < 4.78 is 5.31. The molecule has 1 aliphatic rings. The highest BCUT2D eigenvalue weighted by atomic mass is 35.5. The van der Waals surface area contributed by atoms with Gasteiger partial charge < -0.3 is 14.8 Å². The van der Waals surface area contributed by atoms with Gasteiger partial charge in [-0.15, -0.1) is 0 Å². The Kier molecular flexibility index (Phi) is 4.48. The fourth-order valence-electron chi connectivity index (χ4n) is 1.84. The molecule has 1 fully saturated rings. The van der Waals surface area contributed by atoms with E-state index in [4.69, 9.17) is 21.5 Å². The summed E-state index contributed by atoms with van der Waals surface area (Å²) >= 11 is 5.88. The van der Waals surface area contributed by atoms with Gasteiger partial charge in [0.25, 0.3) is 0 Å². The normalized spacial score (nSPS) is 20.7. The molecule has 0 spiro atoms. The van der Waals surface area contributed by atoms with E-state index in [2.05, 4.69) is 5.16 Å². The molecule has 0 bridgehead atoms. The number of carbonyl (C=O) groups excluding carboxylic acids is 1. The van der Waals surface area contributed by atoms with Crippen molar-refractivity contribution in [2.75, 3.05) is 13.1 Å². The van der Waals surface area contributed by atoms with Crippen LogP contribution >= 0.6 is 11.6 Å². The molecule has 0 aromatic rings. The lowest BCUT2D eigenvalue weighted by Gasteiger charge is -2.38. The second kappa shape index (κ2) is 5.34. The smallest absolute Gasteiger partial charge is 0.410 e. The van der Waals surface area contributed by atoms with Crippen LogP contribution in [0.1, 0.15) is 40.5 Å². The Morgan fingerprint density at radius 3 is 2.28 bits per heavy atom. The Balaban J connectivity index is 2.57. The van der Waals surface area contributed by atoms with Crippen LogP contribution in [0.25, 0.3) is 0 Å². The van der Waals surface area contributed by atoms with Gasteiger partial charge >= 0.3 is 6.09 Å². The first kappa shape index (κ1) is 15.1. The van der Waals surface area contributed by atoms with Gasteiger partial charge in [0.2, 0.25) is 0 Å². The van der Waals surface area contributed by atoms with Gasteiger partial charge in [-0.05, 0) is 33.6 Å². The Bertz CT molecular complexity index is 342. The largest absolute Gasteiger partial charge is 0.444 e. The van der Waals surface area contributed by atoms with Crippen molar-refractivity contribution in [2.24, 2.45) is 10.6 Å². The summed E-state index contributed by atoms with van der Waals surface area (Å²) in [5, 5.41) is 12.0. The van der Waals surface area contributed by atoms with Crippen LogP contribution in [-0.4, -0.2) is 40.1 Å². The maximum absolute atomic E-state index is 11.9. The van der Waals surface area contributed by atoms with Gasteiger partial charge in [0.1, 0.15) is 5.60 Å². The van der Waals surface area contributed by atoms with Gasteiger partial charge in [-0.2, -0.15) is 0 Å². The highest BCUT2D eigenvalue weighted by molar-refractivity contribution is 6.66. The number of likely N-dealkylation sites (tertiary alicyclic amines) is 1. The lowest BCUT2D eigenvalue weighted by atomic mass is 9.81. The molecule has 0 atom stereocenters. The van der Waals surface area contributed by atoms with E-state index >= 15 is 0 Å². The first-order chi connectivity index (χ1) is 8.18. The topological polar surface area (TPSA) is 62.1 Å². The molecule has 1 saturated heterocycles. The summed E-state index contributed by atoms with van der Waals surface area (Å²) in [5.74, 6) is 0. The summed E-state index contributed by atoms with van der Waals surface area (Å²) in [6.07, 6.45) is 1.02. The summed E-state index contributed by atoms with van der Waals surface area (Å²) in [5.41, 5.74) is -0.836. The number of rotatable bonds is 1. The van der Waals surface area contributed by atoms with Crippen molar-refractivity contribution in [3.8, 4) is 0 Å². The lowest BCUT2D eigenvalue weighted by Crippen LogP contribution is -2.46. The van der Waals surface area contributed by atoms with E-state index in [0.717, 1.165) is 0 Å². The molecule has 1 aliphatic heterocycles. The minimum atomic E-state index is -0.484. The summed E-state index contributed by atoms with van der Waals surface area (Å²) in [6, 6.07) is 0. The van der Waals surface area contributed by atoms with E-state index in [9.17, 15) is 4.79 Å². The van der Waals surface area contributed by atoms with E-state index in [1.54, 1.807) is 4.90 Å². The molecule has 1 heterocycles. The number of hydrogen-bond donors (Lipinski definition) is 1. The van der Waals surface area contributed by atoms with Crippen LogP contribution in [0.2, 0.25) is 0 Å². The van der Waals surface area contributed by atoms with Crippen LogP contribution in [0.4, 0.5) is 4.79 Å². The van der Waals surface area contributed by atoms with Crippen molar-refractivity contribution >= 4 is 22.9 Å². The molecule has 1 N–H and O–H groups in total. The number of piperidine rings is 1. The third-order valence-electron chi connectivity index (χ3n) is 3.10. The number of oxime groups is 1. The summed E-state index contributed by atoms with van der Waals surface area (Å²) in [4.78, 5) is 13.5. The molecule has 0 aliphatic carbocycles. The zero-order valence-electron chi connectivity index (χ0n) is 11.4. The van der Waals surface area contributed by atoms with Crippen LogP contribution < -0.4 is 0 Å². The number of hydrogen-bond acceptors (Lipinski definition) is 4. The predicted molar refractivity (Wildman–Crippen MR) is 70.2 cm³/mol. The van der Waals surface area contributed by atoms with Crippen molar-refractivity contribution < 1.29 is 14.7 Å². The van der Waals surface area contributed by atoms with Gasteiger partial charge in [0.05, 0.1) is 0 Å². The van der Waals surface area contributed by atoms with Gasteiger partial charge in [0, 0.05) is 18.5 Å². The van der Waals surface area contributed by atoms with Crippen molar-refractivity contribution in [1.29, 1.82) is 0 Å². The van der Waals surface area contributed by atoms with Crippen LogP contribution in [0.15, 0.2) is 5.16 Å². The van der Waals surface area contributed by atoms with Crippen LogP contribution in [0.5, 0.6) is 0 Å². The second-order valence-corrected chi connectivity index (χ2v) is 6.28. The minimum Gasteiger partial charge on any atom is -0.444 e. The molecule has 5 nitrogen and oxygen atoms in total. The zero-order valence-corrected chi connectivity index (χ0v) is 12.1. The highest BCUT2D eigenvalue weighted by Crippen LogP contribution is 2.34. The molecule has 104 valence electrons. The van der Waals surface area contributed by atoms with E-state index in [0.29, 0.717) is 25.9 Å². The Labute approximate surface area is 113 Å². The average Bonchev–Trinajstić information content (AvgIpc) is 2.26. The van der Waals surface area contributed by atoms with Crippen molar-refractivity contribution in [3.05, 3.63) is 0 Å². The molecule has 18 heavy (non-hydrogen) atoms. The van der Waals surface area contributed by atoms with Crippen LogP contribution in [0, 0.1) is 5.41 Å². The molecular formula is C12H21ClN2O3. The molecule has 1 amide bonds. The first-order valence-electron chi connectivity index (χ1n) is 6.04. The average molecular weight is 277 g/mol. The summed E-state index contributed by atoms with van der Waals surface area (Å²) in [7, 11) is 0. The van der Waals surface area contributed by atoms with E-state index in [1.165, 1.54) is 0 Å². The molecule has 6 heteroatoms. The second-order valence-electron chi connectivity index (χ2n) is 5.92. The van der Waals surface area contributed by atoms with E-state index in [1.807, 2.05) is 27.7 Å². The molecule has 0 radical (unpaired) electrons. The first-order valence-corrected chi connectivity index (χ1v) is 6.42. The number of ether oxygens (including phenoxy) is 1. The molecule has 0 aromatic carbocycles. The molecule has 1 rings (SSSR count). The minimum absolute atomic E-state index is 0.200. The zero-order chi connectivity index (χ0) is 14.0. The molecular weight excluding hydrogens is 256 g/mol. The van der Waals surface area contributed by atoms with Gasteiger partial charge in [-0.1, -0.05) is 23.7 Å². The van der Waals surface area contributed by atoms with Gasteiger partial charge in [0.15, 0.2) is 5.17 Å². The highest BCUT2D eigenvalue weighted by Gasteiger charge is 2.37. The molecule has 0 aromatic heterocycles. The Hall–Kier alpha value is -0.970. The number of nitrogens with zero attached hydrogens (tertiary/aromatic N) is 2. The quantitative estimate of drug-likeness (QED) is 0.455. The molecule has 0 unspecified atom stereocenters. The van der Waals surface area contributed by atoms with Crippen molar-refractivity contribution in [2.45, 2.75) is 46.1 Å². The molecule has 0 saturated carbocycles. The van der Waals surface area contributed by atoms with Gasteiger partial charge in [-0.3, -0.25) is 0 Å². The maximum atomic E-state index is 11.9. The maximum Gasteiger partial charge on any atom is 0.410 e. The van der Waals surface area contributed by atoms with Crippen molar-refractivity contribution in [1.82, 2.24) is 4.90 Å². The predicted octanol–water partition coefficient (Wildman–Crippen LogP) is 3.05. The lowest BCUT2D eigenvalue weighted by molar-refractivity contribution is 0.0166. The Morgan fingerprint density at radius 2 is 1.89 bits per heavy atom. The van der Waals surface area contributed by atoms with Crippen LogP contribution in [0.3, 0.4) is 0 Å². The fraction of sp³-hybridized carbons (Fsp3) is 0.833.